The van der Waals surface area contributed by atoms with Gasteiger partial charge < -0.3 is 10.2 Å². The number of benzene rings is 4. The molecule has 2 amide bonds. The van der Waals surface area contributed by atoms with Gasteiger partial charge in [0.1, 0.15) is 0 Å². The molecule has 4 heteroatoms. The second-order valence-corrected chi connectivity index (χ2v) is 7.86. The molecule has 4 aromatic rings. The first-order valence-electron chi connectivity index (χ1n) is 10.6. The SMILES string of the molecule is O=C(Nc1ccc(C(=O)N2Cc3ccccc3Cc3ccccc32)cc1)c1ccccc1. The highest BCUT2D eigenvalue weighted by molar-refractivity contribution is 6.07. The van der Waals surface area contributed by atoms with E-state index in [1.165, 1.54) is 5.56 Å². The van der Waals surface area contributed by atoms with E-state index < -0.39 is 0 Å². The lowest BCUT2D eigenvalue weighted by atomic mass is 10.0. The monoisotopic (exact) mass is 418 g/mol. The predicted molar refractivity (Wildman–Crippen MR) is 127 cm³/mol. The fourth-order valence-electron chi connectivity index (χ4n) is 4.09. The fourth-order valence-corrected chi connectivity index (χ4v) is 4.09. The Hall–Kier alpha value is -4.18. The van der Waals surface area contributed by atoms with Crippen LogP contribution in [0, 0.1) is 0 Å². The predicted octanol–water partition coefficient (Wildman–Crippen LogP) is 5.69. The van der Waals surface area contributed by atoms with Gasteiger partial charge in [-0.25, -0.2) is 0 Å². The van der Waals surface area contributed by atoms with Crippen molar-refractivity contribution in [3.63, 3.8) is 0 Å². The molecule has 0 saturated heterocycles. The molecule has 1 N–H and O–H groups in total. The number of carbonyl (C=O) groups is 2. The van der Waals surface area contributed by atoms with E-state index in [4.69, 9.17) is 0 Å². The lowest BCUT2D eigenvalue weighted by molar-refractivity contribution is 0.0984. The van der Waals surface area contributed by atoms with Crippen LogP contribution in [-0.4, -0.2) is 11.8 Å². The van der Waals surface area contributed by atoms with Crippen LogP contribution in [0.5, 0.6) is 0 Å². The lowest BCUT2D eigenvalue weighted by Crippen LogP contribution is -2.30. The Morgan fingerprint density at radius 3 is 2.00 bits per heavy atom. The van der Waals surface area contributed by atoms with Crippen LogP contribution in [0.3, 0.4) is 0 Å². The quantitative estimate of drug-likeness (QED) is 0.465. The molecule has 0 spiro atoms. The maximum absolute atomic E-state index is 13.5. The molecule has 1 aliphatic heterocycles. The molecular formula is C28H22N2O2. The van der Waals surface area contributed by atoms with Crippen LogP contribution in [0.2, 0.25) is 0 Å². The zero-order valence-corrected chi connectivity index (χ0v) is 17.5. The molecule has 0 unspecified atom stereocenters. The number of amides is 2. The molecule has 156 valence electrons. The minimum absolute atomic E-state index is 0.0601. The topological polar surface area (TPSA) is 49.4 Å². The first-order chi connectivity index (χ1) is 15.7. The van der Waals surface area contributed by atoms with E-state index >= 15 is 0 Å². The van der Waals surface area contributed by atoms with Crippen LogP contribution < -0.4 is 10.2 Å². The second-order valence-electron chi connectivity index (χ2n) is 7.86. The molecule has 0 radical (unpaired) electrons. The number of nitrogens with one attached hydrogen (secondary N) is 1. The Morgan fingerprint density at radius 1 is 0.625 bits per heavy atom. The van der Waals surface area contributed by atoms with Gasteiger partial charge >= 0.3 is 0 Å². The molecule has 1 aliphatic rings. The number of anilines is 2. The third-order valence-corrected chi connectivity index (χ3v) is 5.78. The van der Waals surface area contributed by atoms with E-state index in [1.54, 1.807) is 36.4 Å². The van der Waals surface area contributed by atoms with Gasteiger partial charge in [-0.15, -0.1) is 0 Å². The number of fused-ring (bicyclic) bond motifs is 2. The van der Waals surface area contributed by atoms with Crippen LogP contribution in [0.25, 0.3) is 0 Å². The third-order valence-electron chi connectivity index (χ3n) is 5.78. The minimum Gasteiger partial charge on any atom is -0.322 e. The Labute approximate surface area is 187 Å². The highest BCUT2D eigenvalue weighted by Gasteiger charge is 2.24. The Kier molecular flexibility index (Phi) is 5.26. The average Bonchev–Trinajstić information content (AvgIpc) is 3.01. The van der Waals surface area contributed by atoms with Crippen molar-refractivity contribution in [1.82, 2.24) is 0 Å². The van der Waals surface area contributed by atoms with Crippen molar-refractivity contribution in [3.8, 4) is 0 Å². The summed E-state index contributed by atoms with van der Waals surface area (Å²) in [4.78, 5) is 27.8. The molecule has 0 aliphatic carbocycles. The van der Waals surface area contributed by atoms with Crippen molar-refractivity contribution in [2.75, 3.05) is 10.2 Å². The van der Waals surface area contributed by atoms with E-state index in [0.29, 0.717) is 23.4 Å². The lowest BCUT2D eigenvalue weighted by Gasteiger charge is -2.23. The van der Waals surface area contributed by atoms with Crippen molar-refractivity contribution in [3.05, 3.63) is 131 Å². The van der Waals surface area contributed by atoms with E-state index in [0.717, 1.165) is 23.2 Å². The van der Waals surface area contributed by atoms with Gasteiger partial charge in [-0.2, -0.15) is 0 Å². The van der Waals surface area contributed by atoms with Gasteiger partial charge in [-0.05, 0) is 65.6 Å². The molecular weight excluding hydrogens is 396 g/mol. The zero-order chi connectivity index (χ0) is 21.9. The molecule has 0 fully saturated rings. The first kappa shape index (κ1) is 19.8. The van der Waals surface area contributed by atoms with Gasteiger partial charge in [0.2, 0.25) is 0 Å². The van der Waals surface area contributed by atoms with Gasteiger partial charge in [-0.1, -0.05) is 60.7 Å². The van der Waals surface area contributed by atoms with Gasteiger partial charge in [0, 0.05) is 22.5 Å². The molecule has 1 heterocycles. The summed E-state index contributed by atoms with van der Waals surface area (Å²) in [5.41, 5.74) is 6.30. The van der Waals surface area contributed by atoms with E-state index in [1.807, 2.05) is 53.4 Å². The summed E-state index contributed by atoms with van der Waals surface area (Å²) >= 11 is 0. The van der Waals surface area contributed by atoms with E-state index in [9.17, 15) is 9.59 Å². The molecule has 0 saturated carbocycles. The molecule has 4 aromatic carbocycles. The summed E-state index contributed by atoms with van der Waals surface area (Å²) < 4.78 is 0. The summed E-state index contributed by atoms with van der Waals surface area (Å²) in [5, 5.41) is 2.88. The van der Waals surface area contributed by atoms with Crippen LogP contribution in [0.4, 0.5) is 11.4 Å². The maximum Gasteiger partial charge on any atom is 0.258 e. The Morgan fingerprint density at radius 2 is 1.25 bits per heavy atom. The number of hydrogen-bond acceptors (Lipinski definition) is 2. The standard InChI is InChI=1S/C28H22N2O2/c31-27(20-8-2-1-3-9-20)29-25-16-14-21(15-17-25)28(32)30-19-24-12-5-4-10-22(24)18-23-11-6-7-13-26(23)30/h1-17H,18-19H2,(H,29,31). The Bertz CT molecular complexity index is 1280. The zero-order valence-electron chi connectivity index (χ0n) is 17.5. The molecule has 4 nitrogen and oxygen atoms in total. The number of carbonyl (C=O) groups excluding carboxylic acids is 2. The van der Waals surface area contributed by atoms with Crippen molar-refractivity contribution < 1.29 is 9.59 Å². The number of nitrogens with zero attached hydrogens (tertiary/aromatic N) is 1. The van der Waals surface area contributed by atoms with Crippen molar-refractivity contribution in [2.45, 2.75) is 13.0 Å². The van der Waals surface area contributed by atoms with E-state index in [2.05, 4.69) is 23.5 Å². The Balaban J connectivity index is 1.41. The fraction of sp³-hybridized carbons (Fsp3) is 0.0714. The summed E-state index contributed by atoms with van der Waals surface area (Å²) in [6.45, 7) is 0.526. The van der Waals surface area contributed by atoms with Gasteiger partial charge in [-0.3, -0.25) is 9.59 Å². The molecule has 32 heavy (non-hydrogen) atoms. The van der Waals surface area contributed by atoms with Crippen molar-refractivity contribution >= 4 is 23.2 Å². The summed E-state index contributed by atoms with van der Waals surface area (Å²) in [5.74, 6) is -0.238. The normalized spacial score (nSPS) is 12.3. The third kappa shape index (κ3) is 3.91. The number of para-hydroxylation sites is 1. The van der Waals surface area contributed by atoms with Crippen LogP contribution in [0.15, 0.2) is 103 Å². The average molecular weight is 418 g/mol. The molecule has 5 rings (SSSR count). The second kappa shape index (κ2) is 8.52. The van der Waals surface area contributed by atoms with Crippen molar-refractivity contribution in [2.24, 2.45) is 0 Å². The maximum atomic E-state index is 13.5. The molecule has 0 atom stereocenters. The summed E-state index contributed by atoms with van der Waals surface area (Å²) in [6, 6.07) is 32.5. The van der Waals surface area contributed by atoms with E-state index in [-0.39, 0.29) is 11.8 Å². The highest BCUT2D eigenvalue weighted by Crippen LogP contribution is 2.31. The van der Waals surface area contributed by atoms with Crippen LogP contribution in [0.1, 0.15) is 37.4 Å². The molecule has 0 aromatic heterocycles. The minimum atomic E-state index is -0.178. The smallest absolute Gasteiger partial charge is 0.258 e. The van der Waals surface area contributed by atoms with Gasteiger partial charge in [0.15, 0.2) is 0 Å². The van der Waals surface area contributed by atoms with Crippen molar-refractivity contribution in [1.29, 1.82) is 0 Å². The summed E-state index contributed by atoms with van der Waals surface area (Å²) in [6.07, 6.45) is 0.806. The summed E-state index contributed by atoms with van der Waals surface area (Å²) in [7, 11) is 0. The first-order valence-corrected chi connectivity index (χ1v) is 10.6. The highest BCUT2D eigenvalue weighted by atomic mass is 16.2. The largest absolute Gasteiger partial charge is 0.322 e. The van der Waals surface area contributed by atoms with Crippen LogP contribution >= 0.6 is 0 Å². The van der Waals surface area contributed by atoms with Gasteiger partial charge in [0.05, 0.1) is 6.54 Å². The number of hydrogen-bond donors (Lipinski definition) is 1. The molecule has 0 bridgehead atoms. The van der Waals surface area contributed by atoms with Crippen LogP contribution in [-0.2, 0) is 13.0 Å². The number of rotatable bonds is 3. The van der Waals surface area contributed by atoms with Gasteiger partial charge in [0.25, 0.3) is 11.8 Å².